The first-order chi connectivity index (χ1) is 13.8. The number of imidazole rings is 1. The summed E-state index contributed by atoms with van der Waals surface area (Å²) in [6.07, 6.45) is 1.37. The fourth-order valence-corrected chi connectivity index (χ4v) is 3.80. The normalized spacial score (nSPS) is 20.5. The van der Waals surface area contributed by atoms with E-state index in [0.717, 1.165) is 17.8 Å². The van der Waals surface area contributed by atoms with Gasteiger partial charge in [0.05, 0.1) is 18.8 Å². The number of hydrogen-bond donors (Lipinski definition) is 0. The standard InChI is InChI=1S/C18H15F2N5O4/c1-18(9-24-7-15(25(26)27)22-17(24)29-18)8-23-5-13-14(6-23)28-16(21-13)10-2-3-11(19)12(20)4-10/h2-4,7H,5-6,8-9H2,1H3. The third-order valence-electron chi connectivity index (χ3n) is 5.00. The molecule has 1 atom stereocenters. The number of ether oxygens (including phenoxy) is 1. The lowest BCUT2D eigenvalue weighted by molar-refractivity contribution is -0.389. The average molecular weight is 403 g/mol. The van der Waals surface area contributed by atoms with Gasteiger partial charge in [-0.25, -0.2) is 13.8 Å². The van der Waals surface area contributed by atoms with Crippen molar-refractivity contribution in [1.82, 2.24) is 19.4 Å². The SMILES string of the molecule is CC1(CN2Cc3nc(-c4ccc(F)c(F)c4)oc3C2)Cn2cc([N+](=O)[O-])nc2O1. The Kier molecular flexibility index (Phi) is 3.72. The van der Waals surface area contributed by atoms with Crippen LogP contribution < -0.4 is 4.74 Å². The predicted molar refractivity (Wildman–Crippen MR) is 93.9 cm³/mol. The first-order valence-electron chi connectivity index (χ1n) is 8.87. The van der Waals surface area contributed by atoms with E-state index >= 15 is 0 Å². The van der Waals surface area contributed by atoms with Gasteiger partial charge in [0, 0.05) is 23.6 Å². The van der Waals surface area contributed by atoms with E-state index in [2.05, 4.69) is 14.9 Å². The zero-order valence-electron chi connectivity index (χ0n) is 15.3. The molecule has 0 fully saturated rings. The van der Waals surface area contributed by atoms with Crippen LogP contribution in [-0.2, 0) is 19.6 Å². The summed E-state index contributed by atoms with van der Waals surface area (Å²) in [6, 6.07) is 3.75. The maximum atomic E-state index is 13.4. The number of hydrogen-bond acceptors (Lipinski definition) is 7. The van der Waals surface area contributed by atoms with Crippen LogP contribution >= 0.6 is 0 Å². The van der Waals surface area contributed by atoms with Gasteiger partial charge in [-0.3, -0.25) is 9.47 Å². The molecule has 0 aliphatic carbocycles. The summed E-state index contributed by atoms with van der Waals surface area (Å²) in [5.41, 5.74) is 0.520. The maximum absolute atomic E-state index is 13.4. The number of nitro groups is 1. The van der Waals surface area contributed by atoms with Crippen LogP contribution in [0.4, 0.5) is 14.6 Å². The number of oxazole rings is 1. The fourth-order valence-electron chi connectivity index (χ4n) is 3.80. The highest BCUT2D eigenvalue weighted by Gasteiger charge is 2.42. The van der Waals surface area contributed by atoms with E-state index in [0.29, 0.717) is 37.5 Å². The molecule has 0 bridgehead atoms. The fraction of sp³-hybridized carbons (Fsp3) is 0.333. The summed E-state index contributed by atoms with van der Waals surface area (Å²) in [5.74, 6) is -1.19. The molecule has 0 amide bonds. The van der Waals surface area contributed by atoms with Gasteiger partial charge in [0.1, 0.15) is 17.6 Å². The number of nitrogens with zero attached hydrogens (tertiary/aromatic N) is 5. The molecule has 0 saturated heterocycles. The first-order valence-corrected chi connectivity index (χ1v) is 8.87. The Hall–Kier alpha value is -3.34. The van der Waals surface area contributed by atoms with Crippen molar-refractivity contribution in [1.29, 1.82) is 0 Å². The zero-order valence-corrected chi connectivity index (χ0v) is 15.3. The quantitative estimate of drug-likeness (QED) is 0.488. The van der Waals surface area contributed by atoms with E-state index in [1.165, 1.54) is 12.3 Å². The first kappa shape index (κ1) is 17.7. The molecule has 1 unspecified atom stereocenters. The summed E-state index contributed by atoms with van der Waals surface area (Å²) in [7, 11) is 0. The average Bonchev–Trinajstić information content (AvgIpc) is 3.35. The van der Waals surface area contributed by atoms with Crippen LogP contribution in [0.25, 0.3) is 11.5 Å². The lowest BCUT2D eigenvalue weighted by Gasteiger charge is -2.27. The topological polar surface area (TPSA) is 99.5 Å². The van der Waals surface area contributed by atoms with E-state index in [4.69, 9.17) is 9.15 Å². The van der Waals surface area contributed by atoms with E-state index in [1.54, 1.807) is 4.57 Å². The minimum Gasteiger partial charge on any atom is -0.439 e. The Labute approximate surface area is 162 Å². The van der Waals surface area contributed by atoms with Gasteiger partial charge in [-0.1, -0.05) is 0 Å². The Morgan fingerprint density at radius 3 is 2.79 bits per heavy atom. The van der Waals surface area contributed by atoms with Gasteiger partial charge < -0.3 is 19.3 Å². The molecule has 0 radical (unpaired) electrons. The van der Waals surface area contributed by atoms with Gasteiger partial charge in [0.2, 0.25) is 5.89 Å². The van der Waals surface area contributed by atoms with Gasteiger partial charge in [-0.2, -0.15) is 0 Å². The second-order valence-electron chi connectivity index (χ2n) is 7.48. The van der Waals surface area contributed by atoms with Crippen molar-refractivity contribution in [3.8, 4) is 17.5 Å². The molecule has 0 N–H and O–H groups in total. The largest absolute Gasteiger partial charge is 0.439 e. The highest BCUT2D eigenvalue weighted by atomic mass is 19.2. The van der Waals surface area contributed by atoms with Crippen LogP contribution in [0.1, 0.15) is 18.4 Å². The predicted octanol–water partition coefficient (Wildman–Crippen LogP) is 2.89. The molecule has 0 spiro atoms. The molecule has 5 rings (SSSR count). The van der Waals surface area contributed by atoms with Crippen molar-refractivity contribution >= 4 is 5.82 Å². The zero-order chi connectivity index (χ0) is 20.3. The van der Waals surface area contributed by atoms with E-state index in [1.807, 2.05) is 6.92 Å². The van der Waals surface area contributed by atoms with Crippen LogP contribution in [0.2, 0.25) is 0 Å². The van der Waals surface area contributed by atoms with Crippen molar-refractivity contribution in [3.63, 3.8) is 0 Å². The number of halogens is 2. The lowest BCUT2D eigenvalue weighted by Crippen LogP contribution is -2.43. The third-order valence-corrected chi connectivity index (χ3v) is 5.00. The summed E-state index contributed by atoms with van der Waals surface area (Å²) in [4.78, 5) is 20.6. The molecule has 9 nitrogen and oxygen atoms in total. The van der Waals surface area contributed by atoms with Crippen LogP contribution in [0.15, 0.2) is 28.8 Å². The van der Waals surface area contributed by atoms with Crippen LogP contribution in [0.5, 0.6) is 6.01 Å². The molecule has 4 heterocycles. The lowest BCUT2D eigenvalue weighted by atomic mass is 10.1. The minimum atomic E-state index is -0.952. The van der Waals surface area contributed by atoms with E-state index in [-0.39, 0.29) is 17.7 Å². The molecule has 1 aromatic carbocycles. The molecular weight excluding hydrogens is 388 g/mol. The van der Waals surface area contributed by atoms with Crippen LogP contribution in [0.3, 0.4) is 0 Å². The Morgan fingerprint density at radius 1 is 1.28 bits per heavy atom. The third kappa shape index (κ3) is 3.03. The summed E-state index contributed by atoms with van der Waals surface area (Å²) in [5, 5.41) is 10.8. The van der Waals surface area contributed by atoms with Crippen molar-refractivity contribution in [3.05, 3.63) is 57.6 Å². The number of rotatable bonds is 4. The van der Waals surface area contributed by atoms with Crippen molar-refractivity contribution in [2.45, 2.75) is 32.2 Å². The number of benzene rings is 1. The second-order valence-corrected chi connectivity index (χ2v) is 7.48. The van der Waals surface area contributed by atoms with Gasteiger partial charge >= 0.3 is 11.8 Å². The Balaban J connectivity index is 1.27. The van der Waals surface area contributed by atoms with Crippen LogP contribution in [0, 0.1) is 21.7 Å². The second kappa shape index (κ2) is 6.08. The van der Waals surface area contributed by atoms with Crippen molar-refractivity contribution < 1.29 is 22.9 Å². The van der Waals surface area contributed by atoms with Gasteiger partial charge in [-0.05, 0) is 30.0 Å². The molecule has 29 heavy (non-hydrogen) atoms. The molecule has 2 aliphatic heterocycles. The summed E-state index contributed by atoms with van der Waals surface area (Å²) in [6.45, 7) is 3.90. The smallest absolute Gasteiger partial charge is 0.415 e. The van der Waals surface area contributed by atoms with E-state index < -0.39 is 22.2 Å². The van der Waals surface area contributed by atoms with Crippen LogP contribution in [-0.4, -0.2) is 36.5 Å². The summed E-state index contributed by atoms with van der Waals surface area (Å²) < 4.78 is 39.8. The highest BCUT2D eigenvalue weighted by molar-refractivity contribution is 5.54. The summed E-state index contributed by atoms with van der Waals surface area (Å²) >= 11 is 0. The maximum Gasteiger partial charge on any atom is 0.415 e. The van der Waals surface area contributed by atoms with Gasteiger partial charge in [0.15, 0.2) is 11.6 Å². The Bertz CT molecular complexity index is 1090. The van der Waals surface area contributed by atoms with Gasteiger partial charge in [-0.15, -0.1) is 0 Å². The number of aromatic nitrogens is 3. The Morgan fingerprint density at radius 2 is 2.10 bits per heavy atom. The molecule has 11 heteroatoms. The molecular formula is C18H15F2N5O4. The highest BCUT2D eigenvalue weighted by Crippen LogP contribution is 2.34. The minimum absolute atomic E-state index is 0.230. The molecule has 2 aliphatic rings. The molecule has 150 valence electrons. The monoisotopic (exact) mass is 403 g/mol. The molecule has 0 saturated carbocycles. The van der Waals surface area contributed by atoms with Gasteiger partial charge in [0.25, 0.3) is 0 Å². The van der Waals surface area contributed by atoms with Crippen molar-refractivity contribution in [2.75, 3.05) is 6.54 Å². The number of fused-ring (bicyclic) bond motifs is 2. The van der Waals surface area contributed by atoms with Crippen molar-refractivity contribution in [2.24, 2.45) is 0 Å². The van der Waals surface area contributed by atoms with E-state index in [9.17, 15) is 18.9 Å². The molecule has 3 aromatic rings. The molecule has 2 aromatic heterocycles.